The lowest BCUT2D eigenvalue weighted by Crippen LogP contribution is -2.27. The van der Waals surface area contributed by atoms with Gasteiger partial charge in [-0.1, -0.05) is 6.92 Å². The van der Waals surface area contributed by atoms with Crippen LogP contribution in [0.15, 0.2) is 0 Å². The van der Waals surface area contributed by atoms with E-state index in [2.05, 4.69) is 14.7 Å². The predicted octanol–water partition coefficient (Wildman–Crippen LogP) is 1.48. The van der Waals surface area contributed by atoms with Gasteiger partial charge in [0.1, 0.15) is 0 Å². The summed E-state index contributed by atoms with van der Waals surface area (Å²) in [5.41, 5.74) is 0. The van der Waals surface area contributed by atoms with Gasteiger partial charge in [-0.25, -0.2) is 4.79 Å². The number of carbonyl (C=O) groups is 1. The molecule has 0 saturated carbocycles. The number of rotatable bonds is 8. The second-order valence-corrected chi connectivity index (χ2v) is 4.74. The van der Waals surface area contributed by atoms with Crippen LogP contribution in [0.4, 0.5) is 4.79 Å². The van der Waals surface area contributed by atoms with Crippen LogP contribution >= 0.6 is 8.25 Å². The zero-order valence-corrected chi connectivity index (χ0v) is 13.3. The van der Waals surface area contributed by atoms with Crippen molar-refractivity contribution >= 4 is 14.3 Å². The molecule has 7 nitrogen and oxygen atoms in total. The SMILES string of the molecule is CCCOC(=O)NCCCN(C)C.CCO[PH](=O)O. The lowest BCUT2D eigenvalue weighted by Gasteiger charge is -2.09. The van der Waals surface area contributed by atoms with Crippen molar-refractivity contribution in [2.45, 2.75) is 26.7 Å². The van der Waals surface area contributed by atoms with Gasteiger partial charge in [-0.15, -0.1) is 0 Å². The first-order valence-corrected chi connectivity index (χ1v) is 7.61. The summed E-state index contributed by atoms with van der Waals surface area (Å²) in [6.45, 7) is 6.11. The molecular formula is C11H27N2O5P. The molecule has 0 aliphatic carbocycles. The molecule has 0 saturated heterocycles. The van der Waals surface area contributed by atoms with Crippen molar-refractivity contribution in [2.75, 3.05) is 40.4 Å². The Bertz CT molecular complexity index is 239. The van der Waals surface area contributed by atoms with Crippen molar-refractivity contribution in [3.63, 3.8) is 0 Å². The van der Waals surface area contributed by atoms with Gasteiger partial charge in [0.05, 0.1) is 13.2 Å². The first-order valence-electron chi connectivity index (χ1n) is 6.35. The molecule has 0 radical (unpaired) electrons. The zero-order chi connectivity index (χ0) is 15.1. The topological polar surface area (TPSA) is 88.1 Å². The van der Waals surface area contributed by atoms with Gasteiger partial charge < -0.3 is 24.4 Å². The highest BCUT2D eigenvalue weighted by atomic mass is 31.1. The van der Waals surface area contributed by atoms with Crippen molar-refractivity contribution in [3.8, 4) is 0 Å². The van der Waals surface area contributed by atoms with E-state index in [1.807, 2.05) is 21.0 Å². The normalized spacial score (nSPS) is 11.5. The summed E-state index contributed by atoms with van der Waals surface area (Å²) < 4.78 is 18.5. The number of hydrogen-bond donors (Lipinski definition) is 2. The van der Waals surface area contributed by atoms with Crippen LogP contribution in [-0.2, 0) is 13.8 Å². The molecule has 0 heterocycles. The zero-order valence-electron chi connectivity index (χ0n) is 12.3. The van der Waals surface area contributed by atoms with E-state index in [9.17, 15) is 9.36 Å². The Morgan fingerprint density at radius 1 is 1.37 bits per heavy atom. The molecular weight excluding hydrogens is 271 g/mol. The molecule has 1 atom stereocenters. The lowest BCUT2D eigenvalue weighted by molar-refractivity contribution is 0.146. The summed E-state index contributed by atoms with van der Waals surface area (Å²) >= 11 is 0. The number of nitrogens with one attached hydrogen (secondary N) is 1. The van der Waals surface area contributed by atoms with Crippen molar-refractivity contribution in [3.05, 3.63) is 0 Å². The molecule has 0 aromatic carbocycles. The van der Waals surface area contributed by atoms with Crippen molar-refractivity contribution < 1.29 is 23.5 Å². The van der Waals surface area contributed by atoms with E-state index in [1.54, 1.807) is 6.92 Å². The van der Waals surface area contributed by atoms with Crippen molar-refractivity contribution in [2.24, 2.45) is 0 Å². The van der Waals surface area contributed by atoms with E-state index in [-0.39, 0.29) is 6.09 Å². The Kier molecular flexibility index (Phi) is 16.8. The van der Waals surface area contributed by atoms with Crippen LogP contribution in [-0.4, -0.2) is 56.3 Å². The molecule has 0 aliphatic heterocycles. The van der Waals surface area contributed by atoms with Gasteiger partial charge in [-0.05, 0) is 40.4 Å². The molecule has 1 amide bonds. The molecule has 8 heteroatoms. The quantitative estimate of drug-likeness (QED) is 0.521. The largest absolute Gasteiger partial charge is 0.450 e. The Morgan fingerprint density at radius 3 is 2.37 bits per heavy atom. The second-order valence-electron chi connectivity index (χ2n) is 3.92. The Morgan fingerprint density at radius 2 is 2.00 bits per heavy atom. The van der Waals surface area contributed by atoms with Crippen LogP contribution in [0.1, 0.15) is 26.7 Å². The summed E-state index contributed by atoms with van der Waals surface area (Å²) in [5, 5.41) is 2.68. The van der Waals surface area contributed by atoms with E-state index >= 15 is 0 Å². The number of alkyl carbamates (subject to hydrolysis) is 1. The third-order valence-corrected chi connectivity index (χ3v) is 2.29. The molecule has 0 rings (SSSR count). The maximum absolute atomic E-state index is 10.9. The monoisotopic (exact) mass is 298 g/mol. The summed E-state index contributed by atoms with van der Waals surface area (Å²) in [6.07, 6.45) is 1.51. The van der Waals surface area contributed by atoms with Gasteiger partial charge in [0, 0.05) is 6.54 Å². The van der Waals surface area contributed by atoms with Gasteiger partial charge in [0.15, 0.2) is 0 Å². The molecule has 116 valence electrons. The molecule has 0 aromatic rings. The average molecular weight is 298 g/mol. The van der Waals surface area contributed by atoms with Gasteiger partial charge in [-0.3, -0.25) is 4.57 Å². The third kappa shape index (κ3) is 23.0. The van der Waals surface area contributed by atoms with Crippen LogP contribution in [0.2, 0.25) is 0 Å². The van der Waals surface area contributed by atoms with Gasteiger partial charge >= 0.3 is 14.3 Å². The molecule has 19 heavy (non-hydrogen) atoms. The Labute approximate surface area is 116 Å². The fourth-order valence-corrected chi connectivity index (χ4v) is 1.20. The molecule has 2 N–H and O–H groups in total. The number of amides is 1. The maximum atomic E-state index is 10.9. The molecule has 0 aromatic heterocycles. The minimum absolute atomic E-state index is 0.305. The highest BCUT2D eigenvalue weighted by Gasteiger charge is 1.98. The molecule has 0 bridgehead atoms. The Balaban J connectivity index is 0. The van der Waals surface area contributed by atoms with Crippen LogP contribution in [0.3, 0.4) is 0 Å². The molecule has 0 aliphatic rings. The summed E-state index contributed by atoms with van der Waals surface area (Å²) in [7, 11) is 1.38. The number of ether oxygens (including phenoxy) is 1. The number of nitrogens with zero attached hydrogens (tertiary/aromatic N) is 1. The van der Waals surface area contributed by atoms with E-state index in [1.165, 1.54) is 0 Å². The van der Waals surface area contributed by atoms with Gasteiger partial charge in [0.2, 0.25) is 0 Å². The van der Waals surface area contributed by atoms with Crippen molar-refractivity contribution in [1.29, 1.82) is 0 Å². The first kappa shape index (κ1) is 20.7. The smallest absolute Gasteiger partial charge is 0.407 e. The molecule has 1 unspecified atom stereocenters. The van der Waals surface area contributed by atoms with E-state index in [4.69, 9.17) is 9.63 Å². The van der Waals surface area contributed by atoms with E-state index in [0.717, 1.165) is 19.4 Å². The highest BCUT2D eigenvalue weighted by Crippen LogP contribution is 2.12. The summed E-state index contributed by atoms with van der Waals surface area (Å²) in [4.78, 5) is 20.9. The highest BCUT2D eigenvalue weighted by molar-refractivity contribution is 7.32. The number of hydrogen-bond acceptors (Lipinski definition) is 5. The minimum Gasteiger partial charge on any atom is -0.450 e. The maximum Gasteiger partial charge on any atom is 0.407 e. The van der Waals surface area contributed by atoms with E-state index < -0.39 is 8.25 Å². The van der Waals surface area contributed by atoms with Gasteiger partial charge in [-0.2, -0.15) is 0 Å². The third-order valence-electron chi connectivity index (χ3n) is 1.76. The fraction of sp³-hybridized carbons (Fsp3) is 0.909. The standard InChI is InChI=1S/C9H20N2O2.C2H7O3P/c1-4-8-13-9(12)10-6-5-7-11(2)3;1-2-5-6(3)4/h4-8H2,1-3H3,(H,10,12);6H,2H2,1H3,(H,3,4). The second kappa shape index (κ2) is 15.4. The Hall–Kier alpha value is -0.620. The average Bonchev–Trinajstić information content (AvgIpc) is 2.32. The molecule has 0 spiro atoms. The van der Waals surface area contributed by atoms with Crippen LogP contribution in [0.5, 0.6) is 0 Å². The van der Waals surface area contributed by atoms with E-state index in [0.29, 0.717) is 19.8 Å². The first-order chi connectivity index (χ1) is 8.93. The van der Waals surface area contributed by atoms with Gasteiger partial charge in [0.25, 0.3) is 0 Å². The van der Waals surface area contributed by atoms with Crippen LogP contribution < -0.4 is 5.32 Å². The molecule has 0 fully saturated rings. The van der Waals surface area contributed by atoms with Crippen LogP contribution in [0, 0.1) is 0 Å². The fourth-order valence-electron chi connectivity index (χ4n) is 0.955. The number of carbonyl (C=O) groups excluding carboxylic acids is 1. The van der Waals surface area contributed by atoms with Crippen LogP contribution in [0.25, 0.3) is 0 Å². The lowest BCUT2D eigenvalue weighted by atomic mass is 10.4. The predicted molar refractivity (Wildman–Crippen MR) is 75.7 cm³/mol. The summed E-state index contributed by atoms with van der Waals surface area (Å²) in [5.74, 6) is 0. The van der Waals surface area contributed by atoms with Crippen molar-refractivity contribution in [1.82, 2.24) is 10.2 Å². The minimum atomic E-state index is -2.64. The summed E-state index contributed by atoms with van der Waals surface area (Å²) in [6, 6.07) is 0.